The number of halogens is 1. The Morgan fingerprint density at radius 2 is 1.32 bits per heavy atom. The molecule has 0 aliphatic carbocycles. The van der Waals surface area contributed by atoms with Gasteiger partial charge in [-0.2, -0.15) is 0 Å². The Morgan fingerprint density at radius 3 is 1.74 bits per heavy atom. The van der Waals surface area contributed by atoms with E-state index in [4.69, 9.17) is 5.41 Å². The molecule has 0 rings (SSSR count). The van der Waals surface area contributed by atoms with Gasteiger partial charge in [-0.3, -0.25) is 5.41 Å². The van der Waals surface area contributed by atoms with E-state index < -0.39 is 6.08 Å². The second-order valence-electron chi connectivity index (χ2n) is 5.98. The van der Waals surface area contributed by atoms with E-state index in [2.05, 4.69) is 25.9 Å². The van der Waals surface area contributed by atoms with Gasteiger partial charge in [0.25, 0.3) is 0 Å². The molecule has 5 heteroatoms. The topological polar surface area (TPSA) is 56.1 Å². The van der Waals surface area contributed by atoms with Gasteiger partial charge in [0.05, 0.1) is 27.7 Å². The standard InChI is InChI=1S/C14H30N2O2.ClH/c1-16(2,3)12-10-8-6-4-5-7-9-11-13-18-14(15)17;/h4-13H2,1-3H3,(H-,15,17);1H. The first-order valence-electron chi connectivity index (χ1n) is 7.10. The monoisotopic (exact) mass is 294 g/mol. The minimum absolute atomic E-state index is 0. The molecular weight excluding hydrogens is 264 g/mol. The Morgan fingerprint density at radius 1 is 0.895 bits per heavy atom. The predicted molar refractivity (Wildman–Crippen MR) is 80.8 cm³/mol. The smallest absolute Gasteiger partial charge is 0.142 e. The number of nitrogens with one attached hydrogen (secondary N) is 1. The molecule has 0 unspecified atom stereocenters. The zero-order valence-corrected chi connectivity index (χ0v) is 13.6. The molecule has 0 bridgehead atoms. The number of rotatable bonds is 11. The molecule has 0 aromatic heterocycles. The van der Waals surface area contributed by atoms with Gasteiger partial charge in [-0.15, -0.1) is 12.4 Å². The van der Waals surface area contributed by atoms with Crippen LogP contribution in [0.3, 0.4) is 0 Å². The summed E-state index contributed by atoms with van der Waals surface area (Å²) in [7, 11) is 6.72. The summed E-state index contributed by atoms with van der Waals surface area (Å²) in [5.41, 5.74) is 0. The lowest BCUT2D eigenvalue weighted by Crippen LogP contribution is -2.35. The van der Waals surface area contributed by atoms with Gasteiger partial charge in [0.2, 0.25) is 0 Å². The molecule has 0 spiro atoms. The molecule has 0 heterocycles. The fraction of sp³-hybridized carbons (Fsp3) is 0.929. The minimum atomic E-state index is -0.910. The fourth-order valence-corrected chi connectivity index (χ4v) is 1.91. The van der Waals surface area contributed by atoms with E-state index in [0.29, 0.717) is 6.61 Å². The summed E-state index contributed by atoms with van der Waals surface area (Å²) in [6.45, 7) is 1.67. The Bertz CT molecular complexity index is 218. The lowest BCUT2D eigenvalue weighted by atomic mass is 10.1. The highest BCUT2D eigenvalue weighted by molar-refractivity contribution is 5.85. The van der Waals surface area contributed by atoms with Crippen LogP contribution in [0.4, 0.5) is 0 Å². The summed E-state index contributed by atoms with van der Waals surface area (Å²) in [6, 6.07) is 0. The maximum absolute atomic E-state index is 10.2. The summed E-state index contributed by atoms with van der Waals surface area (Å²) in [4.78, 5) is 0. The first-order chi connectivity index (χ1) is 8.42. The average molecular weight is 295 g/mol. The number of hydrogen-bond acceptors (Lipinski definition) is 3. The third kappa shape index (κ3) is 20.0. The highest BCUT2D eigenvalue weighted by atomic mass is 35.5. The summed E-state index contributed by atoms with van der Waals surface area (Å²) in [5.74, 6) is 0. The van der Waals surface area contributed by atoms with Crippen LogP contribution in [0.15, 0.2) is 0 Å². The number of quaternary nitrogens is 1. The highest BCUT2D eigenvalue weighted by Crippen LogP contribution is 2.09. The first-order valence-corrected chi connectivity index (χ1v) is 7.10. The maximum atomic E-state index is 10.2. The van der Waals surface area contributed by atoms with Crippen molar-refractivity contribution in [3.8, 4) is 0 Å². The molecule has 0 aliphatic heterocycles. The molecule has 19 heavy (non-hydrogen) atoms. The van der Waals surface area contributed by atoms with Gasteiger partial charge >= 0.3 is 0 Å². The van der Waals surface area contributed by atoms with Gasteiger partial charge in [-0.1, -0.05) is 32.1 Å². The van der Waals surface area contributed by atoms with Crippen molar-refractivity contribution in [2.45, 2.75) is 51.4 Å². The Balaban J connectivity index is 0. The van der Waals surface area contributed by atoms with Gasteiger partial charge in [0, 0.05) is 0 Å². The van der Waals surface area contributed by atoms with Crippen molar-refractivity contribution in [1.29, 1.82) is 5.41 Å². The van der Waals surface area contributed by atoms with Crippen LogP contribution in [0.1, 0.15) is 51.4 Å². The van der Waals surface area contributed by atoms with Gasteiger partial charge in [-0.25, -0.2) is 0 Å². The van der Waals surface area contributed by atoms with Crippen LogP contribution in [0.2, 0.25) is 0 Å². The van der Waals surface area contributed by atoms with Crippen LogP contribution < -0.4 is 5.11 Å². The molecule has 0 aliphatic rings. The predicted octanol–water partition coefficient (Wildman–Crippen LogP) is 2.55. The van der Waals surface area contributed by atoms with Crippen LogP contribution in [-0.4, -0.2) is 44.9 Å². The minimum Gasteiger partial charge on any atom is -0.601 e. The molecule has 1 N–H and O–H groups in total. The van der Waals surface area contributed by atoms with Gasteiger partial charge in [0.1, 0.15) is 6.08 Å². The fourth-order valence-electron chi connectivity index (χ4n) is 1.91. The summed E-state index contributed by atoms with van der Waals surface area (Å²) < 4.78 is 5.62. The maximum Gasteiger partial charge on any atom is 0.142 e. The Hall–Kier alpha value is -0.480. The third-order valence-electron chi connectivity index (χ3n) is 2.96. The van der Waals surface area contributed by atoms with Crippen LogP contribution in [0.25, 0.3) is 0 Å². The van der Waals surface area contributed by atoms with Crippen LogP contribution in [0.5, 0.6) is 0 Å². The van der Waals surface area contributed by atoms with E-state index in [-0.39, 0.29) is 12.4 Å². The van der Waals surface area contributed by atoms with E-state index in [1.807, 2.05) is 0 Å². The van der Waals surface area contributed by atoms with Crippen molar-refractivity contribution in [2.24, 2.45) is 0 Å². The van der Waals surface area contributed by atoms with Crippen molar-refractivity contribution in [1.82, 2.24) is 0 Å². The number of ether oxygens (including phenoxy) is 1. The van der Waals surface area contributed by atoms with Crippen molar-refractivity contribution < 1.29 is 14.3 Å². The van der Waals surface area contributed by atoms with E-state index in [1.54, 1.807) is 0 Å². The summed E-state index contributed by atoms with van der Waals surface area (Å²) in [6.07, 6.45) is 8.89. The SMILES string of the molecule is C[N+](C)(C)CCCCCCCCCCOC(=N)[O-].Cl. The first kappa shape index (κ1) is 20.8. The summed E-state index contributed by atoms with van der Waals surface area (Å²) >= 11 is 0. The van der Waals surface area contributed by atoms with Crippen molar-refractivity contribution in [3.63, 3.8) is 0 Å². The quantitative estimate of drug-likeness (QED) is 0.275. The van der Waals surface area contributed by atoms with Gasteiger partial charge in [-0.05, 0) is 25.9 Å². The molecule has 116 valence electrons. The third-order valence-corrected chi connectivity index (χ3v) is 2.96. The van der Waals surface area contributed by atoms with Crippen molar-refractivity contribution >= 4 is 18.5 Å². The van der Waals surface area contributed by atoms with Crippen LogP contribution in [0, 0.1) is 5.41 Å². The normalized spacial score (nSPS) is 10.9. The number of nitrogens with zero attached hydrogens (tertiary/aromatic N) is 1. The van der Waals surface area contributed by atoms with Crippen molar-refractivity contribution in [3.05, 3.63) is 0 Å². The van der Waals surface area contributed by atoms with E-state index in [1.165, 1.54) is 45.1 Å². The zero-order chi connectivity index (χ0) is 13.9. The largest absolute Gasteiger partial charge is 0.601 e. The van der Waals surface area contributed by atoms with E-state index in [9.17, 15) is 5.11 Å². The lowest BCUT2D eigenvalue weighted by Gasteiger charge is -2.23. The van der Waals surface area contributed by atoms with Gasteiger partial charge in [0.15, 0.2) is 0 Å². The molecule has 0 aromatic carbocycles. The molecule has 4 nitrogen and oxygen atoms in total. The summed E-state index contributed by atoms with van der Waals surface area (Å²) in [5, 5.41) is 16.8. The highest BCUT2D eigenvalue weighted by Gasteiger charge is 2.04. The molecule has 0 atom stereocenters. The average Bonchev–Trinajstić information content (AvgIpc) is 2.24. The lowest BCUT2D eigenvalue weighted by molar-refractivity contribution is -0.870. The molecule has 0 aromatic rings. The second kappa shape index (κ2) is 12.5. The van der Waals surface area contributed by atoms with E-state index in [0.717, 1.165) is 17.3 Å². The number of hydrogen-bond donors (Lipinski definition) is 1. The number of unbranched alkanes of at least 4 members (excludes halogenated alkanes) is 7. The zero-order valence-electron chi connectivity index (χ0n) is 12.7. The Labute approximate surface area is 124 Å². The molecule has 0 saturated heterocycles. The van der Waals surface area contributed by atoms with Crippen LogP contribution >= 0.6 is 12.4 Å². The Kier molecular flexibility index (Phi) is 13.8. The van der Waals surface area contributed by atoms with Crippen molar-refractivity contribution in [2.75, 3.05) is 34.3 Å². The molecular formula is C14H31ClN2O2. The second-order valence-corrected chi connectivity index (χ2v) is 5.98. The molecule has 0 fully saturated rings. The molecule has 0 saturated carbocycles. The van der Waals surface area contributed by atoms with Crippen LogP contribution in [-0.2, 0) is 4.74 Å². The molecule has 0 radical (unpaired) electrons. The van der Waals surface area contributed by atoms with E-state index >= 15 is 0 Å². The molecule has 0 amide bonds. The van der Waals surface area contributed by atoms with Gasteiger partial charge < -0.3 is 14.3 Å².